The molecule has 0 aromatic heterocycles. The van der Waals surface area contributed by atoms with E-state index in [0.717, 1.165) is 5.69 Å². The Balaban J connectivity index is 2.46. The Labute approximate surface area is 94.0 Å². The van der Waals surface area contributed by atoms with Crippen LogP contribution in [0.1, 0.15) is 0 Å². The van der Waals surface area contributed by atoms with E-state index in [0.29, 0.717) is 19.0 Å². The van der Waals surface area contributed by atoms with Gasteiger partial charge in [-0.1, -0.05) is 6.07 Å². The third-order valence-electron chi connectivity index (χ3n) is 1.83. The molecule has 2 N–H and O–H groups in total. The standard InChI is InChI=1S/C11H15NO4/c1-15-5-6-16-10-4-2-3-9(7-10)12-8-11(13)14/h2-4,7,12H,5-6,8H2,1H3,(H,13,14). The average molecular weight is 225 g/mol. The van der Waals surface area contributed by atoms with Crippen molar-refractivity contribution >= 4 is 11.7 Å². The van der Waals surface area contributed by atoms with Crippen LogP contribution in [0.2, 0.25) is 0 Å². The highest BCUT2D eigenvalue weighted by atomic mass is 16.5. The summed E-state index contributed by atoms with van der Waals surface area (Å²) in [7, 11) is 1.61. The highest BCUT2D eigenvalue weighted by molar-refractivity contribution is 5.72. The van der Waals surface area contributed by atoms with Gasteiger partial charge in [0, 0.05) is 18.9 Å². The summed E-state index contributed by atoms with van der Waals surface area (Å²) >= 11 is 0. The molecule has 1 rings (SSSR count). The smallest absolute Gasteiger partial charge is 0.322 e. The molecule has 0 atom stereocenters. The zero-order valence-corrected chi connectivity index (χ0v) is 9.10. The van der Waals surface area contributed by atoms with Crippen LogP contribution in [0.25, 0.3) is 0 Å². The van der Waals surface area contributed by atoms with E-state index in [1.165, 1.54) is 0 Å². The lowest BCUT2D eigenvalue weighted by atomic mass is 10.3. The van der Waals surface area contributed by atoms with Gasteiger partial charge in [-0.15, -0.1) is 0 Å². The Morgan fingerprint density at radius 1 is 1.44 bits per heavy atom. The van der Waals surface area contributed by atoms with Crippen molar-refractivity contribution < 1.29 is 19.4 Å². The quantitative estimate of drug-likeness (QED) is 0.683. The summed E-state index contributed by atoms with van der Waals surface area (Å²) in [4.78, 5) is 10.4. The number of carboxylic acids is 1. The molecule has 5 heteroatoms. The van der Waals surface area contributed by atoms with Crippen molar-refractivity contribution in [3.63, 3.8) is 0 Å². The molecule has 0 saturated heterocycles. The second-order valence-electron chi connectivity index (χ2n) is 3.12. The van der Waals surface area contributed by atoms with Crippen LogP contribution in [0.15, 0.2) is 24.3 Å². The fourth-order valence-corrected chi connectivity index (χ4v) is 1.12. The third kappa shape index (κ3) is 4.65. The van der Waals surface area contributed by atoms with E-state index >= 15 is 0 Å². The number of hydrogen-bond donors (Lipinski definition) is 2. The van der Waals surface area contributed by atoms with Crippen molar-refractivity contribution in [3.05, 3.63) is 24.3 Å². The van der Waals surface area contributed by atoms with Crippen LogP contribution in [0.3, 0.4) is 0 Å². The number of methoxy groups -OCH3 is 1. The summed E-state index contributed by atoms with van der Waals surface area (Å²) in [6.07, 6.45) is 0. The van der Waals surface area contributed by atoms with Gasteiger partial charge < -0.3 is 19.9 Å². The first-order valence-electron chi connectivity index (χ1n) is 4.90. The van der Waals surface area contributed by atoms with Gasteiger partial charge >= 0.3 is 5.97 Å². The third-order valence-corrected chi connectivity index (χ3v) is 1.83. The van der Waals surface area contributed by atoms with Crippen LogP contribution in [0.5, 0.6) is 5.75 Å². The predicted octanol–water partition coefficient (Wildman–Crippen LogP) is 1.21. The van der Waals surface area contributed by atoms with Gasteiger partial charge in [0.25, 0.3) is 0 Å². The molecular formula is C11H15NO4. The van der Waals surface area contributed by atoms with E-state index in [1.807, 2.05) is 6.07 Å². The molecule has 1 aromatic carbocycles. The van der Waals surface area contributed by atoms with Gasteiger partial charge in [-0.3, -0.25) is 4.79 Å². The summed E-state index contributed by atoms with van der Waals surface area (Å²) < 4.78 is 10.2. The average Bonchev–Trinajstić information content (AvgIpc) is 2.27. The maximum Gasteiger partial charge on any atom is 0.322 e. The Morgan fingerprint density at radius 2 is 2.25 bits per heavy atom. The number of aliphatic carboxylic acids is 1. The summed E-state index contributed by atoms with van der Waals surface area (Å²) in [5, 5.41) is 11.3. The van der Waals surface area contributed by atoms with Crippen molar-refractivity contribution in [2.75, 3.05) is 32.2 Å². The number of nitrogens with one attached hydrogen (secondary N) is 1. The van der Waals surface area contributed by atoms with E-state index in [4.69, 9.17) is 14.6 Å². The molecule has 0 heterocycles. The summed E-state index contributed by atoms with van der Waals surface area (Å²) in [5.41, 5.74) is 0.720. The monoisotopic (exact) mass is 225 g/mol. The molecule has 0 fully saturated rings. The van der Waals surface area contributed by atoms with Crippen molar-refractivity contribution in [1.29, 1.82) is 0 Å². The van der Waals surface area contributed by atoms with E-state index < -0.39 is 5.97 Å². The summed E-state index contributed by atoms with van der Waals surface area (Å²) in [6.45, 7) is 0.882. The lowest BCUT2D eigenvalue weighted by Crippen LogP contribution is -2.12. The van der Waals surface area contributed by atoms with Gasteiger partial charge in [0.15, 0.2) is 0 Å². The first-order valence-corrected chi connectivity index (χ1v) is 4.90. The molecule has 0 spiro atoms. The minimum Gasteiger partial charge on any atom is -0.491 e. The molecule has 0 aliphatic rings. The zero-order valence-electron chi connectivity index (χ0n) is 9.10. The highest BCUT2D eigenvalue weighted by Gasteiger charge is 1.99. The molecule has 0 bridgehead atoms. The number of benzene rings is 1. The molecule has 0 amide bonds. The van der Waals surface area contributed by atoms with Gasteiger partial charge in [-0.05, 0) is 12.1 Å². The van der Waals surface area contributed by atoms with Gasteiger partial charge in [0.1, 0.15) is 18.9 Å². The Kier molecular flexibility index (Phi) is 5.15. The second-order valence-corrected chi connectivity index (χ2v) is 3.12. The van der Waals surface area contributed by atoms with Gasteiger partial charge in [-0.25, -0.2) is 0 Å². The van der Waals surface area contributed by atoms with Gasteiger partial charge in [0.2, 0.25) is 0 Å². The van der Waals surface area contributed by atoms with Gasteiger partial charge in [0.05, 0.1) is 6.61 Å². The van der Waals surface area contributed by atoms with Crippen LogP contribution in [-0.2, 0) is 9.53 Å². The van der Waals surface area contributed by atoms with E-state index in [1.54, 1.807) is 25.3 Å². The summed E-state index contributed by atoms with van der Waals surface area (Å²) in [6, 6.07) is 7.14. The second kappa shape index (κ2) is 6.68. The normalized spacial score (nSPS) is 9.81. The molecule has 1 aromatic rings. The molecule has 0 aliphatic carbocycles. The largest absolute Gasteiger partial charge is 0.491 e. The zero-order chi connectivity index (χ0) is 11.8. The molecular weight excluding hydrogens is 210 g/mol. The van der Waals surface area contributed by atoms with Crippen molar-refractivity contribution in [1.82, 2.24) is 0 Å². The van der Waals surface area contributed by atoms with Crippen LogP contribution in [-0.4, -0.2) is 37.9 Å². The first kappa shape index (κ1) is 12.3. The molecule has 0 unspecified atom stereocenters. The topological polar surface area (TPSA) is 67.8 Å². The van der Waals surface area contributed by atoms with Crippen molar-refractivity contribution in [2.45, 2.75) is 0 Å². The Bertz CT molecular complexity index is 341. The minimum absolute atomic E-state index is 0.110. The number of carbonyl (C=O) groups is 1. The molecule has 16 heavy (non-hydrogen) atoms. The number of ether oxygens (including phenoxy) is 2. The lowest BCUT2D eigenvalue weighted by Gasteiger charge is -2.08. The number of rotatable bonds is 7. The van der Waals surface area contributed by atoms with Crippen LogP contribution in [0, 0.1) is 0 Å². The maximum absolute atomic E-state index is 10.4. The summed E-state index contributed by atoms with van der Waals surface area (Å²) in [5.74, 6) is -0.210. The van der Waals surface area contributed by atoms with Crippen molar-refractivity contribution in [3.8, 4) is 5.75 Å². The molecule has 0 radical (unpaired) electrons. The van der Waals surface area contributed by atoms with E-state index in [-0.39, 0.29) is 6.54 Å². The fraction of sp³-hybridized carbons (Fsp3) is 0.364. The Hall–Kier alpha value is -1.75. The van der Waals surface area contributed by atoms with Crippen LogP contribution >= 0.6 is 0 Å². The molecule has 5 nitrogen and oxygen atoms in total. The number of hydrogen-bond acceptors (Lipinski definition) is 4. The van der Waals surface area contributed by atoms with Gasteiger partial charge in [-0.2, -0.15) is 0 Å². The highest BCUT2D eigenvalue weighted by Crippen LogP contribution is 2.16. The predicted molar refractivity (Wildman–Crippen MR) is 59.9 cm³/mol. The first-order chi connectivity index (χ1) is 7.72. The number of carboxylic acid groups (broad SMARTS) is 1. The molecule has 0 aliphatic heterocycles. The van der Waals surface area contributed by atoms with E-state index in [9.17, 15) is 4.79 Å². The van der Waals surface area contributed by atoms with E-state index in [2.05, 4.69) is 5.32 Å². The minimum atomic E-state index is -0.897. The maximum atomic E-state index is 10.4. The van der Waals surface area contributed by atoms with Crippen LogP contribution in [0.4, 0.5) is 5.69 Å². The number of anilines is 1. The lowest BCUT2D eigenvalue weighted by molar-refractivity contribution is -0.134. The molecule has 88 valence electrons. The van der Waals surface area contributed by atoms with Crippen molar-refractivity contribution in [2.24, 2.45) is 0 Å². The fourth-order valence-electron chi connectivity index (χ4n) is 1.12. The SMILES string of the molecule is COCCOc1cccc(NCC(=O)O)c1. The molecule has 0 saturated carbocycles. The van der Waals surface area contributed by atoms with Crippen LogP contribution < -0.4 is 10.1 Å². The Morgan fingerprint density at radius 3 is 2.94 bits per heavy atom.